The van der Waals surface area contributed by atoms with E-state index in [1.54, 1.807) is 0 Å². The van der Waals surface area contributed by atoms with Crippen LogP contribution in [0.15, 0.2) is 12.7 Å². The Labute approximate surface area is 153 Å². The van der Waals surface area contributed by atoms with E-state index in [9.17, 15) is 9.90 Å². The molecule has 0 aromatic carbocycles. The van der Waals surface area contributed by atoms with E-state index in [0.717, 1.165) is 31.6 Å². The van der Waals surface area contributed by atoms with Gasteiger partial charge in [0.1, 0.15) is 5.78 Å². The van der Waals surface area contributed by atoms with Crippen molar-refractivity contribution in [1.29, 1.82) is 0 Å². The number of hydrogen-bond acceptors (Lipinski definition) is 2. The van der Waals surface area contributed by atoms with Crippen molar-refractivity contribution in [3.8, 4) is 0 Å². The summed E-state index contributed by atoms with van der Waals surface area (Å²) in [5, 5.41) is 10.2. The van der Waals surface area contributed by atoms with Crippen LogP contribution in [-0.4, -0.2) is 17.0 Å². The Balaban J connectivity index is 1.72. The molecule has 0 aromatic heterocycles. The van der Waals surface area contributed by atoms with Gasteiger partial charge in [-0.25, -0.2) is 0 Å². The first-order valence-electron chi connectivity index (χ1n) is 10.7. The van der Waals surface area contributed by atoms with Crippen molar-refractivity contribution in [3.63, 3.8) is 0 Å². The molecule has 4 aliphatic carbocycles. The molecule has 0 unspecified atom stereocenters. The molecule has 0 amide bonds. The summed E-state index contributed by atoms with van der Waals surface area (Å²) < 4.78 is 0. The highest BCUT2D eigenvalue weighted by Gasteiger charge is 2.64. The molecule has 0 heterocycles. The van der Waals surface area contributed by atoms with Crippen LogP contribution in [0.2, 0.25) is 0 Å². The summed E-state index contributed by atoms with van der Waals surface area (Å²) in [6, 6.07) is 0. The van der Waals surface area contributed by atoms with E-state index >= 15 is 0 Å². The summed E-state index contributed by atoms with van der Waals surface area (Å²) in [6.45, 7) is 10.9. The van der Waals surface area contributed by atoms with E-state index in [2.05, 4.69) is 26.5 Å². The Morgan fingerprint density at radius 3 is 2.64 bits per heavy atom. The third-order valence-electron chi connectivity index (χ3n) is 9.42. The van der Waals surface area contributed by atoms with Crippen LogP contribution >= 0.6 is 0 Å². The lowest BCUT2D eigenvalue weighted by Gasteiger charge is -2.63. The predicted molar refractivity (Wildman–Crippen MR) is 101 cm³/mol. The lowest BCUT2D eigenvalue weighted by Crippen LogP contribution is -2.58. The highest BCUT2D eigenvalue weighted by atomic mass is 16.3. The first-order valence-corrected chi connectivity index (χ1v) is 10.7. The van der Waals surface area contributed by atoms with Crippen LogP contribution in [0.1, 0.15) is 72.1 Å². The molecular weight excluding hydrogens is 308 g/mol. The van der Waals surface area contributed by atoms with Crippen molar-refractivity contribution < 1.29 is 9.90 Å². The number of hydrogen-bond donors (Lipinski definition) is 1. The average Bonchev–Trinajstić information content (AvgIpc) is 2.94. The van der Waals surface area contributed by atoms with Crippen molar-refractivity contribution in [2.75, 3.05) is 0 Å². The van der Waals surface area contributed by atoms with Gasteiger partial charge in [-0.3, -0.25) is 4.79 Å². The Bertz CT molecular complexity index is 568. The Morgan fingerprint density at radius 1 is 1.20 bits per heavy atom. The number of allylic oxidation sites excluding steroid dienone is 1. The fourth-order valence-electron chi connectivity index (χ4n) is 8.57. The zero-order valence-corrected chi connectivity index (χ0v) is 16.3. The van der Waals surface area contributed by atoms with E-state index in [4.69, 9.17) is 0 Å². The van der Waals surface area contributed by atoms with Crippen LogP contribution in [0.4, 0.5) is 0 Å². The van der Waals surface area contributed by atoms with Gasteiger partial charge in [-0.15, -0.1) is 6.58 Å². The van der Waals surface area contributed by atoms with Crippen molar-refractivity contribution in [3.05, 3.63) is 12.7 Å². The molecule has 2 heteroatoms. The molecule has 9 atom stereocenters. The molecule has 1 N–H and O–H groups in total. The van der Waals surface area contributed by atoms with Gasteiger partial charge in [0.25, 0.3) is 0 Å². The van der Waals surface area contributed by atoms with Gasteiger partial charge in [-0.2, -0.15) is 0 Å². The molecule has 4 rings (SSSR count). The van der Waals surface area contributed by atoms with Crippen molar-refractivity contribution in [2.24, 2.45) is 46.3 Å². The summed E-state index contributed by atoms with van der Waals surface area (Å²) in [7, 11) is 0. The molecule has 0 aromatic rings. The van der Waals surface area contributed by atoms with E-state index in [1.165, 1.54) is 25.7 Å². The van der Waals surface area contributed by atoms with E-state index in [0.29, 0.717) is 40.8 Å². The summed E-state index contributed by atoms with van der Waals surface area (Å²) in [6.07, 6.45) is 11.1. The third-order valence-corrected chi connectivity index (χ3v) is 9.42. The van der Waals surface area contributed by atoms with Gasteiger partial charge in [-0.05, 0) is 99.2 Å². The van der Waals surface area contributed by atoms with Gasteiger partial charge in [0.05, 0.1) is 6.10 Å². The highest BCUT2D eigenvalue weighted by Crippen LogP contribution is 2.69. The standard InChI is InChI=1S/C23H36O2/c1-5-16-7-9-20-19-8-6-17-12-18(25)10-11-22(17,4)21(19)14(2)13-23(16,20)15(3)24/h5,14,16-21,25H,1,6-13H2,2-4H3/t14-,16-,17-,18+,19-,20-,21-,22-,23-/m0/s1. The molecule has 4 aliphatic rings. The van der Waals surface area contributed by atoms with Crippen LogP contribution in [-0.2, 0) is 4.79 Å². The molecule has 2 nitrogen and oxygen atoms in total. The number of rotatable bonds is 2. The summed E-state index contributed by atoms with van der Waals surface area (Å²) in [4.78, 5) is 12.9. The van der Waals surface area contributed by atoms with Crippen LogP contribution < -0.4 is 0 Å². The van der Waals surface area contributed by atoms with Crippen LogP contribution in [0.3, 0.4) is 0 Å². The highest BCUT2D eigenvalue weighted by molar-refractivity contribution is 5.84. The summed E-state index contributed by atoms with van der Waals surface area (Å²) in [5.41, 5.74) is 0.247. The van der Waals surface area contributed by atoms with E-state index in [-0.39, 0.29) is 11.5 Å². The zero-order valence-electron chi connectivity index (χ0n) is 16.3. The summed E-state index contributed by atoms with van der Waals surface area (Å²) >= 11 is 0. The van der Waals surface area contributed by atoms with Crippen LogP contribution in [0, 0.1) is 46.3 Å². The second kappa shape index (κ2) is 5.94. The molecular formula is C23H36O2. The molecule has 25 heavy (non-hydrogen) atoms. The Morgan fingerprint density at radius 2 is 1.96 bits per heavy atom. The van der Waals surface area contributed by atoms with Crippen LogP contribution in [0.5, 0.6) is 0 Å². The maximum absolute atomic E-state index is 12.9. The number of ketones is 1. The van der Waals surface area contributed by atoms with Crippen molar-refractivity contribution in [1.82, 2.24) is 0 Å². The minimum atomic E-state index is -0.125. The summed E-state index contributed by atoms with van der Waals surface area (Å²) in [5.74, 6) is 4.11. The van der Waals surface area contributed by atoms with Crippen molar-refractivity contribution >= 4 is 5.78 Å². The largest absolute Gasteiger partial charge is 0.393 e. The monoisotopic (exact) mass is 344 g/mol. The predicted octanol–water partition coefficient (Wildman–Crippen LogP) is 5.01. The second-order valence-corrected chi connectivity index (χ2v) is 10.2. The van der Waals surface area contributed by atoms with Crippen molar-refractivity contribution in [2.45, 2.75) is 78.2 Å². The lowest BCUT2D eigenvalue weighted by molar-refractivity contribution is -0.164. The van der Waals surface area contributed by atoms with Gasteiger partial charge >= 0.3 is 0 Å². The maximum Gasteiger partial charge on any atom is 0.136 e. The molecule has 0 bridgehead atoms. The van der Waals surface area contributed by atoms with Gasteiger partial charge in [0.15, 0.2) is 0 Å². The van der Waals surface area contributed by atoms with Gasteiger partial charge < -0.3 is 5.11 Å². The van der Waals surface area contributed by atoms with Gasteiger partial charge in [0, 0.05) is 5.41 Å². The third kappa shape index (κ3) is 2.28. The molecule has 4 saturated carbocycles. The number of fused-ring (bicyclic) bond motifs is 5. The number of Topliss-reactive ketones (excluding diaryl/α,β-unsaturated/α-hetero) is 1. The first-order chi connectivity index (χ1) is 11.8. The van der Waals surface area contributed by atoms with Gasteiger partial charge in [0.2, 0.25) is 0 Å². The molecule has 4 fully saturated rings. The fourth-order valence-corrected chi connectivity index (χ4v) is 8.57. The first kappa shape index (κ1) is 17.8. The van der Waals surface area contributed by atoms with E-state index in [1.807, 2.05) is 6.92 Å². The normalized spacial score (nSPS) is 55.0. The minimum absolute atomic E-state index is 0.0820. The zero-order chi connectivity index (χ0) is 18.0. The second-order valence-electron chi connectivity index (χ2n) is 10.2. The number of carbonyl (C=O) groups is 1. The van der Waals surface area contributed by atoms with Crippen LogP contribution in [0.25, 0.3) is 0 Å². The van der Waals surface area contributed by atoms with Gasteiger partial charge in [-0.1, -0.05) is 19.9 Å². The maximum atomic E-state index is 12.9. The molecule has 0 aliphatic heterocycles. The molecule has 0 spiro atoms. The molecule has 0 saturated heterocycles. The quantitative estimate of drug-likeness (QED) is 0.715. The fraction of sp³-hybridized carbons (Fsp3) is 0.870. The number of aliphatic hydroxyl groups excluding tert-OH is 1. The SMILES string of the molecule is C=C[C@H]1CC[C@H]2[C@@H]3CC[C@H]4C[C@H](O)CC[C@]4(C)[C@H]3[C@@H](C)C[C@]12C(C)=O. The molecule has 0 radical (unpaired) electrons. The Hall–Kier alpha value is -0.630. The Kier molecular flexibility index (Phi) is 4.22. The topological polar surface area (TPSA) is 37.3 Å². The minimum Gasteiger partial charge on any atom is -0.393 e. The smallest absolute Gasteiger partial charge is 0.136 e. The number of carbonyl (C=O) groups excluding carboxylic acids is 1. The lowest BCUT2D eigenvalue weighted by atomic mass is 9.41. The average molecular weight is 345 g/mol. The van der Waals surface area contributed by atoms with E-state index < -0.39 is 0 Å². The molecule has 140 valence electrons. The number of aliphatic hydroxyl groups is 1.